The molecule has 2 heteroatoms. The van der Waals surface area contributed by atoms with Crippen molar-refractivity contribution >= 4 is 16.4 Å². The van der Waals surface area contributed by atoms with Crippen molar-refractivity contribution in [1.29, 1.82) is 5.26 Å². The minimum absolute atomic E-state index is 0.721. The molecule has 1 aromatic carbocycles. The van der Waals surface area contributed by atoms with E-state index in [9.17, 15) is 0 Å². The van der Waals surface area contributed by atoms with Gasteiger partial charge in [0.1, 0.15) is 6.07 Å². The molecule has 0 saturated heterocycles. The molecule has 0 fully saturated rings. The Morgan fingerprint density at radius 2 is 1.80 bits per heavy atom. The Morgan fingerprint density at radius 3 is 2.67 bits per heavy atom. The largest absolute Gasteiger partial charge is 0.315 e. The lowest BCUT2D eigenvalue weighted by Gasteiger charge is -2.03. The topological polar surface area (TPSA) is 28.2 Å². The van der Waals surface area contributed by atoms with E-state index in [1.165, 1.54) is 0 Å². The molecule has 0 saturated carbocycles. The van der Waals surface area contributed by atoms with Gasteiger partial charge in [0.05, 0.1) is 16.6 Å². The van der Waals surface area contributed by atoms with Gasteiger partial charge in [-0.2, -0.15) is 5.26 Å². The van der Waals surface area contributed by atoms with Gasteiger partial charge in [-0.05, 0) is 29.7 Å². The van der Waals surface area contributed by atoms with Gasteiger partial charge in [-0.1, -0.05) is 18.2 Å². The summed E-state index contributed by atoms with van der Waals surface area (Å²) in [5.41, 5.74) is 2.83. The number of benzene rings is 1. The summed E-state index contributed by atoms with van der Waals surface area (Å²) in [6.45, 7) is 0. The Labute approximate surface area is 87.0 Å². The zero-order valence-corrected chi connectivity index (χ0v) is 8.01. The fourth-order valence-electron chi connectivity index (χ4n) is 1.96. The molecule has 15 heavy (non-hydrogen) atoms. The summed E-state index contributed by atoms with van der Waals surface area (Å²) in [4.78, 5) is 0. The van der Waals surface area contributed by atoms with Crippen LogP contribution in [0, 0.1) is 11.3 Å². The third-order valence-electron chi connectivity index (χ3n) is 2.64. The van der Waals surface area contributed by atoms with E-state index in [1.807, 2.05) is 47.0 Å². The van der Waals surface area contributed by atoms with E-state index in [0.29, 0.717) is 0 Å². The molecule has 3 rings (SSSR count). The lowest BCUT2D eigenvalue weighted by atomic mass is 10.1. The zero-order chi connectivity index (χ0) is 10.3. The lowest BCUT2D eigenvalue weighted by Crippen LogP contribution is -1.89. The maximum Gasteiger partial charge on any atom is 0.101 e. The van der Waals surface area contributed by atoms with Gasteiger partial charge >= 0.3 is 0 Å². The lowest BCUT2D eigenvalue weighted by molar-refractivity contribution is 1.26. The molecule has 3 aromatic rings. The van der Waals surface area contributed by atoms with Gasteiger partial charge < -0.3 is 4.40 Å². The smallest absolute Gasteiger partial charge is 0.101 e. The first kappa shape index (κ1) is 8.07. The number of hydrogen-bond donors (Lipinski definition) is 0. The Morgan fingerprint density at radius 1 is 1.00 bits per heavy atom. The molecule has 0 radical (unpaired) electrons. The Bertz CT molecular complexity index is 686. The number of pyridine rings is 1. The van der Waals surface area contributed by atoms with Crippen LogP contribution in [0.3, 0.4) is 0 Å². The molecule has 2 heterocycles. The molecule has 0 amide bonds. The van der Waals surface area contributed by atoms with Crippen LogP contribution in [0.1, 0.15) is 5.56 Å². The van der Waals surface area contributed by atoms with E-state index < -0.39 is 0 Å². The first-order valence-electron chi connectivity index (χ1n) is 4.79. The number of nitriles is 1. The summed E-state index contributed by atoms with van der Waals surface area (Å²) in [6, 6.07) is 16.2. The SMILES string of the molecule is N#Cc1cc2ccccc2n2cccc12. The maximum atomic E-state index is 9.05. The summed E-state index contributed by atoms with van der Waals surface area (Å²) in [5.74, 6) is 0. The second kappa shape index (κ2) is 2.86. The van der Waals surface area contributed by atoms with E-state index in [4.69, 9.17) is 5.26 Å². The van der Waals surface area contributed by atoms with Gasteiger partial charge in [-0.15, -0.1) is 0 Å². The van der Waals surface area contributed by atoms with Crippen LogP contribution >= 0.6 is 0 Å². The molecular weight excluding hydrogens is 184 g/mol. The fraction of sp³-hybridized carbons (Fsp3) is 0. The predicted molar refractivity (Wildman–Crippen MR) is 59.6 cm³/mol. The van der Waals surface area contributed by atoms with Crippen LogP contribution in [-0.2, 0) is 0 Å². The summed E-state index contributed by atoms with van der Waals surface area (Å²) in [7, 11) is 0. The quantitative estimate of drug-likeness (QED) is 0.538. The monoisotopic (exact) mass is 192 g/mol. The Balaban J connectivity index is 2.64. The zero-order valence-electron chi connectivity index (χ0n) is 8.01. The van der Waals surface area contributed by atoms with Crippen LogP contribution in [0.2, 0.25) is 0 Å². The predicted octanol–water partition coefficient (Wildman–Crippen LogP) is 2.96. The summed E-state index contributed by atoms with van der Waals surface area (Å²) >= 11 is 0. The number of fused-ring (bicyclic) bond motifs is 3. The van der Waals surface area contributed by atoms with Crippen molar-refractivity contribution in [3.63, 3.8) is 0 Å². The highest BCUT2D eigenvalue weighted by Gasteiger charge is 2.04. The number of para-hydroxylation sites is 1. The molecule has 0 aliphatic heterocycles. The third kappa shape index (κ3) is 1.04. The minimum Gasteiger partial charge on any atom is -0.315 e. The normalized spacial score (nSPS) is 10.6. The maximum absolute atomic E-state index is 9.05. The van der Waals surface area contributed by atoms with Crippen LogP contribution in [0.4, 0.5) is 0 Å². The molecule has 70 valence electrons. The van der Waals surface area contributed by atoms with E-state index in [1.54, 1.807) is 0 Å². The summed E-state index contributed by atoms with van der Waals surface area (Å²) < 4.78 is 2.05. The second-order valence-electron chi connectivity index (χ2n) is 3.49. The van der Waals surface area contributed by atoms with Crippen molar-refractivity contribution in [2.75, 3.05) is 0 Å². The molecular formula is C13H8N2. The number of nitrogens with zero attached hydrogens (tertiary/aromatic N) is 2. The van der Waals surface area contributed by atoms with Gasteiger partial charge in [0.25, 0.3) is 0 Å². The summed E-state index contributed by atoms with van der Waals surface area (Å²) in [6.07, 6.45) is 1.98. The Hall–Kier alpha value is -2.27. The highest BCUT2D eigenvalue weighted by molar-refractivity contribution is 5.86. The van der Waals surface area contributed by atoms with E-state index in [2.05, 4.69) is 12.1 Å². The van der Waals surface area contributed by atoms with Crippen LogP contribution in [0.15, 0.2) is 48.7 Å². The Kier molecular flexibility index (Phi) is 1.54. The first-order valence-corrected chi connectivity index (χ1v) is 4.79. The minimum atomic E-state index is 0.721. The number of aromatic nitrogens is 1. The molecule has 0 aliphatic rings. The van der Waals surface area contributed by atoms with Gasteiger partial charge in [-0.3, -0.25) is 0 Å². The van der Waals surface area contributed by atoms with Crippen molar-refractivity contribution in [2.24, 2.45) is 0 Å². The van der Waals surface area contributed by atoms with Crippen molar-refractivity contribution < 1.29 is 0 Å². The van der Waals surface area contributed by atoms with Crippen molar-refractivity contribution in [2.45, 2.75) is 0 Å². The van der Waals surface area contributed by atoms with Crippen LogP contribution in [0.5, 0.6) is 0 Å². The third-order valence-corrected chi connectivity index (χ3v) is 2.64. The van der Waals surface area contributed by atoms with Gasteiger partial charge in [-0.25, -0.2) is 0 Å². The second-order valence-corrected chi connectivity index (χ2v) is 3.49. The van der Waals surface area contributed by atoms with Crippen LogP contribution in [-0.4, -0.2) is 4.40 Å². The van der Waals surface area contributed by atoms with Crippen LogP contribution in [0.25, 0.3) is 16.4 Å². The fourth-order valence-corrected chi connectivity index (χ4v) is 1.96. The van der Waals surface area contributed by atoms with Gasteiger partial charge in [0.15, 0.2) is 0 Å². The average Bonchev–Trinajstić information content (AvgIpc) is 2.77. The molecule has 2 nitrogen and oxygen atoms in total. The molecule has 0 aliphatic carbocycles. The average molecular weight is 192 g/mol. The van der Waals surface area contributed by atoms with Crippen molar-refractivity contribution in [1.82, 2.24) is 4.40 Å². The molecule has 0 bridgehead atoms. The van der Waals surface area contributed by atoms with E-state index >= 15 is 0 Å². The van der Waals surface area contributed by atoms with Gasteiger partial charge in [0.2, 0.25) is 0 Å². The van der Waals surface area contributed by atoms with E-state index in [-0.39, 0.29) is 0 Å². The van der Waals surface area contributed by atoms with Gasteiger partial charge in [0, 0.05) is 6.20 Å². The molecule has 2 aromatic heterocycles. The van der Waals surface area contributed by atoms with Crippen molar-refractivity contribution in [3.8, 4) is 6.07 Å². The highest BCUT2D eigenvalue weighted by Crippen LogP contribution is 2.20. The first-order chi connectivity index (χ1) is 7.40. The number of hydrogen-bond acceptors (Lipinski definition) is 1. The molecule has 0 unspecified atom stereocenters. The summed E-state index contributed by atoms with van der Waals surface area (Å²) in [5, 5.41) is 10.1. The molecule has 0 N–H and O–H groups in total. The van der Waals surface area contributed by atoms with E-state index in [0.717, 1.165) is 22.0 Å². The van der Waals surface area contributed by atoms with Crippen molar-refractivity contribution in [3.05, 3.63) is 54.2 Å². The number of rotatable bonds is 0. The molecule has 0 spiro atoms. The van der Waals surface area contributed by atoms with Crippen LogP contribution < -0.4 is 0 Å². The standard InChI is InChI=1S/C13H8N2/c14-9-11-8-10-4-1-2-5-12(10)15-7-3-6-13(11)15/h1-8H. The highest BCUT2D eigenvalue weighted by atomic mass is 14.9. The molecule has 0 atom stereocenters.